The number of benzene rings is 4. The molecule has 0 amide bonds. The molecule has 0 spiro atoms. The highest BCUT2D eigenvalue weighted by atomic mass is 19.4. The second-order valence-corrected chi connectivity index (χ2v) is 9.29. The molecule has 9 heteroatoms. The highest BCUT2D eigenvalue weighted by molar-refractivity contribution is 5.81. The summed E-state index contributed by atoms with van der Waals surface area (Å²) in [6.45, 7) is 0.856. The van der Waals surface area contributed by atoms with Crippen LogP contribution in [0.2, 0.25) is 0 Å². The minimum Gasteiger partial charge on any atom is -0.489 e. The van der Waals surface area contributed by atoms with Crippen molar-refractivity contribution in [2.24, 2.45) is 0 Å². The molecule has 0 N–H and O–H groups in total. The van der Waals surface area contributed by atoms with Crippen LogP contribution >= 0.6 is 0 Å². The van der Waals surface area contributed by atoms with Crippen LogP contribution in [0.1, 0.15) is 27.8 Å². The van der Waals surface area contributed by atoms with E-state index in [0.29, 0.717) is 30.8 Å². The predicted octanol–water partition coefficient (Wildman–Crippen LogP) is 8.89. The van der Waals surface area contributed by atoms with Crippen LogP contribution in [0.25, 0.3) is 10.9 Å². The van der Waals surface area contributed by atoms with Gasteiger partial charge in [-0.05, 0) is 59.2 Å². The highest BCUT2D eigenvalue weighted by Gasteiger charge is 2.37. The van der Waals surface area contributed by atoms with E-state index in [-0.39, 0.29) is 12.7 Å². The molecule has 0 saturated carbocycles. The number of ether oxygens (including phenoxy) is 2. The average Bonchev–Trinajstić information content (AvgIpc) is 3.32. The molecule has 0 atom stereocenters. The Bertz CT molecular complexity index is 1560. The van der Waals surface area contributed by atoms with E-state index < -0.39 is 29.2 Å². The SMILES string of the molecule is FC(F)(F)c1cc(OCc2ccc(Cn3ccc4cc(OCc5ccccc5)ccc43)cc2)cc(C(F)(F)F)c1. The minimum atomic E-state index is -4.93. The van der Waals surface area contributed by atoms with Gasteiger partial charge in [-0.3, -0.25) is 0 Å². The van der Waals surface area contributed by atoms with Gasteiger partial charge in [0.15, 0.2) is 0 Å². The van der Waals surface area contributed by atoms with Gasteiger partial charge in [-0.25, -0.2) is 0 Å². The summed E-state index contributed by atoms with van der Waals surface area (Å²) in [6, 6.07) is 26.1. The topological polar surface area (TPSA) is 23.4 Å². The van der Waals surface area contributed by atoms with E-state index in [4.69, 9.17) is 9.47 Å². The van der Waals surface area contributed by atoms with Gasteiger partial charge in [-0.1, -0.05) is 54.6 Å². The fourth-order valence-electron chi connectivity index (χ4n) is 4.26. The first-order chi connectivity index (χ1) is 19.0. The first kappa shape index (κ1) is 27.2. The van der Waals surface area contributed by atoms with Gasteiger partial charge in [0.05, 0.1) is 11.1 Å². The maximum Gasteiger partial charge on any atom is 0.416 e. The second kappa shape index (κ2) is 11.0. The Morgan fingerprint density at radius 1 is 0.550 bits per heavy atom. The smallest absolute Gasteiger partial charge is 0.416 e. The van der Waals surface area contributed by atoms with Crippen molar-refractivity contribution < 1.29 is 35.8 Å². The number of fused-ring (bicyclic) bond motifs is 1. The highest BCUT2D eigenvalue weighted by Crippen LogP contribution is 2.38. The van der Waals surface area contributed by atoms with Crippen molar-refractivity contribution in [3.63, 3.8) is 0 Å². The molecule has 206 valence electrons. The molecular formula is C31H23F6NO2. The van der Waals surface area contributed by atoms with Crippen LogP contribution < -0.4 is 9.47 Å². The number of halogens is 6. The Morgan fingerprint density at radius 2 is 1.12 bits per heavy atom. The average molecular weight is 556 g/mol. The lowest BCUT2D eigenvalue weighted by atomic mass is 10.1. The lowest BCUT2D eigenvalue weighted by molar-refractivity contribution is -0.143. The van der Waals surface area contributed by atoms with Gasteiger partial charge in [0.2, 0.25) is 0 Å². The Kier molecular flexibility index (Phi) is 7.47. The summed E-state index contributed by atoms with van der Waals surface area (Å²) in [5.74, 6) is 0.263. The van der Waals surface area contributed by atoms with E-state index in [9.17, 15) is 26.3 Å². The normalized spacial score (nSPS) is 12.1. The van der Waals surface area contributed by atoms with Crippen molar-refractivity contribution in [3.8, 4) is 11.5 Å². The summed E-state index contributed by atoms with van der Waals surface area (Å²) in [6.07, 6.45) is -7.89. The summed E-state index contributed by atoms with van der Waals surface area (Å²) >= 11 is 0. The van der Waals surface area contributed by atoms with E-state index in [1.54, 1.807) is 12.1 Å². The monoisotopic (exact) mass is 555 g/mol. The number of aromatic nitrogens is 1. The fourth-order valence-corrected chi connectivity index (χ4v) is 4.26. The van der Waals surface area contributed by atoms with Gasteiger partial charge < -0.3 is 14.0 Å². The van der Waals surface area contributed by atoms with E-state index in [0.717, 1.165) is 27.8 Å². The zero-order valence-corrected chi connectivity index (χ0v) is 21.0. The third kappa shape index (κ3) is 6.59. The quantitative estimate of drug-likeness (QED) is 0.179. The van der Waals surface area contributed by atoms with Gasteiger partial charge in [-0.2, -0.15) is 26.3 Å². The lowest BCUT2D eigenvalue weighted by Gasteiger charge is -2.15. The number of hydrogen-bond donors (Lipinski definition) is 0. The molecule has 4 aromatic carbocycles. The molecule has 1 heterocycles. The van der Waals surface area contributed by atoms with Gasteiger partial charge >= 0.3 is 12.4 Å². The lowest BCUT2D eigenvalue weighted by Crippen LogP contribution is -2.11. The van der Waals surface area contributed by atoms with Crippen LogP contribution in [0.3, 0.4) is 0 Å². The Hall–Kier alpha value is -4.40. The standard InChI is InChI=1S/C31H23F6NO2/c32-30(33,34)25-15-26(31(35,36)37)17-28(16-25)40-20-23-8-6-21(7-9-23)18-38-13-12-24-14-27(10-11-29(24)38)39-19-22-4-2-1-3-5-22/h1-17H,18-20H2. The molecule has 0 radical (unpaired) electrons. The number of nitrogens with zero attached hydrogens (tertiary/aromatic N) is 1. The first-order valence-electron chi connectivity index (χ1n) is 12.3. The molecule has 0 bridgehead atoms. The van der Waals surface area contributed by atoms with E-state index in [1.165, 1.54) is 0 Å². The summed E-state index contributed by atoms with van der Waals surface area (Å²) in [7, 11) is 0. The number of rotatable bonds is 8. The summed E-state index contributed by atoms with van der Waals surface area (Å²) in [5, 5.41) is 1.02. The predicted molar refractivity (Wildman–Crippen MR) is 139 cm³/mol. The molecule has 0 fully saturated rings. The largest absolute Gasteiger partial charge is 0.489 e. The summed E-state index contributed by atoms with van der Waals surface area (Å²) in [4.78, 5) is 0. The van der Waals surface area contributed by atoms with E-state index >= 15 is 0 Å². The Morgan fingerprint density at radius 3 is 1.75 bits per heavy atom. The van der Waals surface area contributed by atoms with Crippen molar-refractivity contribution in [2.45, 2.75) is 32.1 Å². The zero-order chi connectivity index (χ0) is 28.3. The van der Waals surface area contributed by atoms with Gasteiger partial charge in [-0.15, -0.1) is 0 Å². The molecule has 0 aliphatic rings. The molecule has 3 nitrogen and oxygen atoms in total. The van der Waals surface area contributed by atoms with E-state index in [1.807, 2.05) is 72.9 Å². The van der Waals surface area contributed by atoms with Crippen LogP contribution in [-0.4, -0.2) is 4.57 Å². The number of hydrogen-bond acceptors (Lipinski definition) is 2. The van der Waals surface area contributed by atoms with Crippen molar-refractivity contribution in [2.75, 3.05) is 0 Å². The Labute approximate surface area is 226 Å². The number of alkyl halides is 6. The molecule has 40 heavy (non-hydrogen) atoms. The van der Waals surface area contributed by atoms with Crippen LogP contribution in [0.5, 0.6) is 11.5 Å². The second-order valence-electron chi connectivity index (χ2n) is 9.29. The molecule has 5 rings (SSSR count). The molecule has 1 aromatic heterocycles. The molecule has 0 saturated heterocycles. The van der Waals surface area contributed by atoms with Crippen molar-refractivity contribution >= 4 is 10.9 Å². The van der Waals surface area contributed by atoms with Gasteiger partial charge in [0.25, 0.3) is 0 Å². The van der Waals surface area contributed by atoms with Crippen molar-refractivity contribution in [3.05, 3.63) is 131 Å². The fraction of sp³-hybridized carbons (Fsp3) is 0.161. The third-order valence-electron chi connectivity index (χ3n) is 6.33. The Balaban J connectivity index is 1.23. The maximum absolute atomic E-state index is 13.1. The summed E-state index contributed by atoms with van der Waals surface area (Å²) < 4.78 is 91.8. The maximum atomic E-state index is 13.1. The van der Waals surface area contributed by atoms with Crippen LogP contribution in [0.4, 0.5) is 26.3 Å². The van der Waals surface area contributed by atoms with Crippen molar-refractivity contribution in [1.29, 1.82) is 0 Å². The molecule has 5 aromatic rings. The van der Waals surface area contributed by atoms with Crippen molar-refractivity contribution in [1.82, 2.24) is 4.57 Å². The molecule has 0 unspecified atom stereocenters. The molecular weight excluding hydrogens is 532 g/mol. The van der Waals surface area contributed by atoms with Gasteiger partial charge in [0, 0.05) is 23.6 Å². The van der Waals surface area contributed by atoms with E-state index in [2.05, 4.69) is 4.57 Å². The summed E-state index contributed by atoms with van der Waals surface area (Å²) in [5.41, 5.74) is 0.832. The molecule has 0 aliphatic carbocycles. The van der Waals surface area contributed by atoms with Crippen LogP contribution in [0.15, 0.2) is 103 Å². The first-order valence-corrected chi connectivity index (χ1v) is 12.3. The van der Waals surface area contributed by atoms with Crippen LogP contribution in [0, 0.1) is 0 Å². The van der Waals surface area contributed by atoms with Gasteiger partial charge in [0.1, 0.15) is 24.7 Å². The third-order valence-corrected chi connectivity index (χ3v) is 6.33. The molecule has 0 aliphatic heterocycles. The zero-order valence-electron chi connectivity index (χ0n) is 21.0. The van der Waals surface area contributed by atoms with Crippen LogP contribution in [-0.2, 0) is 32.1 Å². The minimum absolute atomic E-state index is 0.0746.